The van der Waals surface area contributed by atoms with Crippen LogP contribution in [-0.2, 0) is 14.3 Å². The molecule has 1 aliphatic rings. The fourth-order valence-electron chi connectivity index (χ4n) is 3.99. The van der Waals surface area contributed by atoms with E-state index in [2.05, 4.69) is 5.32 Å². The number of hydrogen-bond donors (Lipinski definition) is 1. The van der Waals surface area contributed by atoms with E-state index >= 15 is 0 Å². The van der Waals surface area contributed by atoms with Crippen LogP contribution in [0.1, 0.15) is 55.7 Å². The second-order valence-corrected chi connectivity index (χ2v) is 7.92. The molecule has 6 heteroatoms. The van der Waals surface area contributed by atoms with Crippen molar-refractivity contribution in [1.29, 1.82) is 0 Å². The normalized spacial score (nSPS) is 14.2. The monoisotopic (exact) mass is 425 g/mol. The number of benzene rings is 2. The first-order valence-electron chi connectivity index (χ1n) is 10.8. The molecule has 0 spiro atoms. The van der Waals surface area contributed by atoms with Crippen LogP contribution in [0.2, 0.25) is 0 Å². The summed E-state index contributed by atoms with van der Waals surface area (Å²) in [5, 5.41) is 2.99. The van der Waals surface area contributed by atoms with Crippen molar-refractivity contribution < 1.29 is 23.8 Å². The topological polar surface area (TPSA) is 73.9 Å². The lowest BCUT2D eigenvalue weighted by atomic mass is 9.87. The molecule has 2 aromatic rings. The molecule has 1 saturated carbocycles. The summed E-state index contributed by atoms with van der Waals surface area (Å²) in [4.78, 5) is 24.8. The fourth-order valence-corrected chi connectivity index (χ4v) is 3.99. The Hall–Kier alpha value is -3.02. The van der Waals surface area contributed by atoms with Gasteiger partial charge in [-0.1, -0.05) is 43.5 Å². The van der Waals surface area contributed by atoms with Crippen LogP contribution in [0, 0.1) is 5.92 Å². The molecule has 1 aliphatic carbocycles. The molecule has 0 heterocycles. The predicted octanol–water partition coefficient (Wildman–Crippen LogP) is 4.42. The van der Waals surface area contributed by atoms with Crippen LogP contribution in [0.15, 0.2) is 48.5 Å². The average Bonchev–Trinajstić information content (AvgIpc) is 2.82. The second kappa shape index (κ2) is 11.4. The molecule has 2 aromatic carbocycles. The van der Waals surface area contributed by atoms with Gasteiger partial charge < -0.3 is 19.5 Å². The molecule has 1 N–H and O–H groups in total. The Morgan fingerprint density at radius 1 is 0.871 bits per heavy atom. The summed E-state index contributed by atoms with van der Waals surface area (Å²) < 4.78 is 15.7. The summed E-state index contributed by atoms with van der Waals surface area (Å²) in [6, 6.07) is 14.6. The first-order valence-corrected chi connectivity index (χ1v) is 10.8. The maximum Gasteiger partial charge on any atom is 0.306 e. The van der Waals surface area contributed by atoms with E-state index in [1.165, 1.54) is 19.3 Å². The zero-order valence-electron chi connectivity index (χ0n) is 18.3. The molecule has 1 fully saturated rings. The summed E-state index contributed by atoms with van der Waals surface area (Å²) >= 11 is 0. The van der Waals surface area contributed by atoms with Gasteiger partial charge in [0.25, 0.3) is 5.91 Å². The number of ether oxygens (including phenoxy) is 3. The van der Waals surface area contributed by atoms with Gasteiger partial charge in [-0.05, 0) is 54.2 Å². The third-order valence-electron chi connectivity index (χ3n) is 5.75. The molecule has 166 valence electrons. The third kappa shape index (κ3) is 6.74. The number of esters is 1. The number of carbonyl (C=O) groups is 2. The minimum atomic E-state index is -0.388. The number of nitrogens with one attached hydrogen (secondary N) is 1. The van der Waals surface area contributed by atoms with E-state index in [1.54, 1.807) is 14.2 Å². The quantitative estimate of drug-likeness (QED) is 0.602. The van der Waals surface area contributed by atoms with Gasteiger partial charge in [0.2, 0.25) is 0 Å². The smallest absolute Gasteiger partial charge is 0.306 e. The SMILES string of the molecule is COc1ccc(C(NC(=O)COC(=O)CC2CCCCC2)c2ccc(OC)cc2)cc1. The Kier molecular flexibility index (Phi) is 8.33. The van der Waals surface area contributed by atoms with Gasteiger partial charge in [0.15, 0.2) is 6.61 Å². The molecule has 0 atom stereocenters. The van der Waals surface area contributed by atoms with Gasteiger partial charge in [-0.15, -0.1) is 0 Å². The van der Waals surface area contributed by atoms with E-state index < -0.39 is 0 Å². The summed E-state index contributed by atoms with van der Waals surface area (Å²) in [7, 11) is 3.22. The van der Waals surface area contributed by atoms with Crippen LogP contribution in [0.25, 0.3) is 0 Å². The van der Waals surface area contributed by atoms with Crippen molar-refractivity contribution in [2.45, 2.75) is 44.6 Å². The van der Waals surface area contributed by atoms with Crippen LogP contribution in [-0.4, -0.2) is 32.7 Å². The molecular formula is C25H31NO5. The molecule has 0 aliphatic heterocycles. The fraction of sp³-hybridized carbons (Fsp3) is 0.440. The average molecular weight is 426 g/mol. The summed E-state index contributed by atoms with van der Waals surface area (Å²) in [5.74, 6) is 1.22. The van der Waals surface area contributed by atoms with Gasteiger partial charge in [0.1, 0.15) is 11.5 Å². The Bertz CT molecular complexity index is 794. The van der Waals surface area contributed by atoms with Gasteiger partial charge in [0.05, 0.1) is 20.3 Å². The van der Waals surface area contributed by atoms with Crippen LogP contribution in [0.4, 0.5) is 0 Å². The standard InChI is InChI=1S/C25H31NO5/c1-29-21-12-8-19(9-13-21)25(20-10-14-22(30-2)15-11-20)26-23(27)17-31-24(28)16-18-6-4-3-5-7-18/h8-15,18,25H,3-7,16-17H2,1-2H3,(H,26,27). The van der Waals surface area contributed by atoms with Gasteiger partial charge in [-0.25, -0.2) is 0 Å². The van der Waals surface area contributed by atoms with Gasteiger partial charge in [0, 0.05) is 6.42 Å². The Morgan fingerprint density at radius 2 is 1.39 bits per heavy atom. The minimum Gasteiger partial charge on any atom is -0.497 e. The van der Waals surface area contributed by atoms with E-state index in [0.29, 0.717) is 12.3 Å². The Balaban J connectivity index is 1.63. The highest BCUT2D eigenvalue weighted by atomic mass is 16.5. The van der Waals surface area contributed by atoms with Crippen molar-refractivity contribution in [1.82, 2.24) is 5.32 Å². The maximum absolute atomic E-state index is 12.6. The number of hydrogen-bond acceptors (Lipinski definition) is 5. The van der Waals surface area contributed by atoms with Crippen molar-refractivity contribution in [2.75, 3.05) is 20.8 Å². The highest BCUT2D eigenvalue weighted by molar-refractivity contribution is 5.81. The Morgan fingerprint density at radius 3 is 1.87 bits per heavy atom. The molecule has 0 saturated heterocycles. The molecule has 1 amide bonds. The Labute approximate surface area is 183 Å². The summed E-state index contributed by atoms with van der Waals surface area (Å²) in [6.07, 6.45) is 6.12. The van der Waals surface area contributed by atoms with Gasteiger partial charge in [-0.3, -0.25) is 9.59 Å². The molecule has 0 bridgehead atoms. The van der Waals surface area contributed by atoms with Crippen LogP contribution in [0.5, 0.6) is 11.5 Å². The highest BCUT2D eigenvalue weighted by Gasteiger charge is 2.21. The second-order valence-electron chi connectivity index (χ2n) is 7.92. The molecule has 0 aromatic heterocycles. The van der Waals surface area contributed by atoms with Gasteiger partial charge >= 0.3 is 5.97 Å². The third-order valence-corrected chi connectivity index (χ3v) is 5.75. The van der Waals surface area contributed by atoms with Gasteiger partial charge in [-0.2, -0.15) is 0 Å². The van der Waals surface area contributed by atoms with E-state index in [4.69, 9.17) is 14.2 Å². The number of carbonyl (C=O) groups excluding carboxylic acids is 2. The number of amides is 1. The van der Waals surface area contributed by atoms with E-state index in [-0.39, 0.29) is 24.5 Å². The molecule has 31 heavy (non-hydrogen) atoms. The van der Waals surface area contributed by atoms with Crippen molar-refractivity contribution in [3.05, 3.63) is 59.7 Å². The first-order chi connectivity index (χ1) is 15.1. The molecule has 0 radical (unpaired) electrons. The minimum absolute atomic E-state index is 0.283. The van der Waals surface area contributed by atoms with Crippen molar-refractivity contribution in [3.63, 3.8) is 0 Å². The summed E-state index contributed by atoms with van der Waals surface area (Å²) in [5.41, 5.74) is 1.79. The predicted molar refractivity (Wildman–Crippen MR) is 118 cm³/mol. The lowest BCUT2D eigenvalue weighted by molar-refractivity contribution is -0.149. The molecule has 0 unspecified atom stereocenters. The maximum atomic E-state index is 12.6. The van der Waals surface area contributed by atoms with E-state index in [0.717, 1.165) is 35.5 Å². The summed E-state index contributed by atoms with van der Waals surface area (Å²) in [6.45, 7) is -0.283. The van der Waals surface area contributed by atoms with E-state index in [9.17, 15) is 9.59 Å². The zero-order valence-corrected chi connectivity index (χ0v) is 18.3. The molecule has 3 rings (SSSR count). The van der Waals surface area contributed by atoms with Crippen LogP contribution in [0.3, 0.4) is 0 Å². The van der Waals surface area contributed by atoms with E-state index in [1.807, 2.05) is 48.5 Å². The molecule has 6 nitrogen and oxygen atoms in total. The lowest BCUT2D eigenvalue weighted by Crippen LogP contribution is -2.33. The van der Waals surface area contributed by atoms with Crippen molar-refractivity contribution in [2.24, 2.45) is 5.92 Å². The largest absolute Gasteiger partial charge is 0.497 e. The number of rotatable bonds is 9. The van der Waals surface area contributed by atoms with Crippen molar-refractivity contribution >= 4 is 11.9 Å². The van der Waals surface area contributed by atoms with Crippen LogP contribution >= 0.6 is 0 Å². The van der Waals surface area contributed by atoms with Crippen molar-refractivity contribution in [3.8, 4) is 11.5 Å². The number of methoxy groups -OCH3 is 2. The van der Waals surface area contributed by atoms with Crippen LogP contribution < -0.4 is 14.8 Å². The molecular weight excluding hydrogens is 394 g/mol. The first kappa shape index (κ1) is 22.7. The zero-order chi connectivity index (χ0) is 22.1. The lowest BCUT2D eigenvalue weighted by Gasteiger charge is -2.22. The highest BCUT2D eigenvalue weighted by Crippen LogP contribution is 2.27.